The second kappa shape index (κ2) is 9.74. The SMILES string of the molecule is c1ccc(C2=NC(c3cccc4c3oc3cc5c6c(cccc6c34)-c3ccccc3-5)=NC(c3ccc4c(c3)sc3ccccc34)N2)cc1. The number of benzene rings is 7. The zero-order valence-electron chi connectivity index (χ0n) is 25.6. The second-order valence-electron chi connectivity index (χ2n) is 12.5. The van der Waals surface area contributed by atoms with Crippen LogP contribution >= 0.6 is 11.3 Å². The first-order valence-corrected chi connectivity index (χ1v) is 17.0. The van der Waals surface area contributed by atoms with E-state index in [-0.39, 0.29) is 6.17 Å². The summed E-state index contributed by atoms with van der Waals surface area (Å²) in [7, 11) is 0. The van der Waals surface area contributed by atoms with E-state index < -0.39 is 0 Å². The highest BCUT2D eigenvalue weighted by Crippen LogP contribution is 2.51. The van der Waals surface area contributed by atoms with Gasteiger partial charge in [-0.05, 0) is 62.9 Å². The number of fused-ring (bicyclic) bond motifs is 10. The van der Waals surface area contributed by atoms with E-state index >= 15 is 0 Å². The van der Waals surface area contributed by atoms with Gasteiger partial charge in [-0.3, -0.25) is 0 Å². The number of thiophene rings is 1. The van der Waals surface area contributed by atoms with Gasteiger partial charge in [-0.2, -0.15) is 0 Å². The predicted molar refractivity (Wildman–Crippen MR) is 200 cm³/mol. The standard InChI is InChI=1S/C43H25N3OS/c1-2-10-24(11-3-1)41-44-42(25-20-21-29-28-14-6-7-19-36(28)48-37(29)22-25)46-43(45-41)33-18-9-17-32-39-31-16-8-15-30-26-12-4-5-13-27(26)34(38(30)31)23-35(39)47-40(32)33/h1-23,42H,(H,44,45,46). The summed E-state index contributed by atoms with van der Waals surface area (Å²) in [5, 5.41) is 10.9. The van der Waals surface area contributed by atoms with Crippen molar-refractivity contribution in [3.05, 3.63) is 156 Å². The number of hydrogen-bond donors (Lipinski definition) is 1. The Hall–Kier alpha value is -6.04. The Balaban J connectivity index is 1.12. The molecule has 0 saturated carbocycles. The van der Waals surface area contributed by atoms with Crippen LogP contribution in [0.1, 0.15) is 22.9 Å². The summed E-state index contributed by atoms with van der Waals surface area (Å²) >= 11 is 1.82. The number of nitrogens with one attached hydrogen (secondary N) is 1. The molecule has 48 heavy (non-hydrogen) atoms. The number of nitrogens with zero attached hydrogens (tertiary/aromatic N) is 2. The second-order valence-corrected chi connectivity index (χ2v) is 13.6. The Labute approximate surface area is 279 Å². The summed E-state index contributed by atoms with van der Waals surface area (Å²) in [6.07, 6.45) is -0.320. The van der Waals surface area contributed by atoms with Crippen LogP contribution in [-0.2, 0) is 0 Å². The van der Waals surface area contributed by atoms with Crippen molar-refractivity contribution in [2.75, 3.05) is 0 Å². The minimum Gasteiger partial charge on any atom is -0.455 e. The molecule has 7 aromatic carbocycles. The van der Waals surface area contributed by atoms with Crippen molar-refractivity contribution >= 4 is 75.9 Å². The molecule has 0 radical (unpaired) electrons. The summed E-state index contributed by atoms with van der Waals surface area (Å²) in [6, 6.07) is 49.5. The van der Waals surface area contributed by atoms with Crippen LogP contribution in [0.4, 0.5) is 0 Å². The average molecular weight is 632 g/mol. The van der Waals surface area contributed by atoms with Gasteiger partial charge in [0.25, 0.3) is 0 Å². The van der Waals surface area contributed by atoms with Crippen LogP contribution in [0.15, 0.2) is 154 Å². The van der Waals surface area contributed by atoms with E-state index in [0.29, 0.717) is 5.84 Å². The van der Waals surface area contributed by atoms with Gasteiger partial charge < -0.3 is 9.73 Å². The fourth-order valence-corrected chi connectivity index (χ4v) is 8.89. The summed E-state index contributed by atoms with van der Waals surface area (Å²) in [4.78, 5) is 10.4. The molecule has 4 nitrogen and oxygen atoms in total. The fourth-order valence-electron chi connectivity index (χ4n) is 7.73. The molecule has 224 valence electrons. The molecule has 1 unspecified atom stereocenters. The average Bonchev–Trinajstić information content (AvgIpc) is 3.82. The molecule has 1 atom stereocenters. The highest BCUT2D eigenvalue weighted by atomic mass is 32.1. The van der Waals surface area contributed by atoms with Crippen molar-refractivity contribution in [1.29, 1.82) is 0 Å². The first-order chi connectivity index (χ1) is 23.8. The molecule has 0 spiro atoms. The minimum atomic E-state index is -0.320. The van der Waals surface area contributed by atoms with Gasteiger partial charge in [-0.15, -0.1) is 11.3 Å². The smallest absolute Gasteiger partial charge is 0.163 e. The molecule has 9 aromatic rings. The van der Waals surface area contributed by atoms with E-state index in [4.69, 9.17) is 14.4 Å². The van der Waals surface area contributed by atoms with Crippen LogP contribution in [0, 0.1) is 0 Å². The molecule has 0 amide bonds. The lowest BCUT2D eigenvalue weighted by Gasteiger charge is -2.23. The maximum absolute atomic E-state index is 6.83. The van der Waals surface area contributed by atoms with Gasteiger partial charge in [0.05, 0.1) is 5.56 Å². The Morgan fingerprint density at radius 1 is 0.542 bits per heavy atom. The number of hydrogen-bond acceptors (Lipinski definition) is 5. The third kappa shape index (κ3) is 3.65. The lowest BCUT2D eigenvalue weighted by Crippen LogP contribution is -2.33. The van der Waals surface area contributed by atoms with Crippen LogP contribution in [-0.4, -0.2) is 11.7 Å². The normalized spacial score (nSPS) is 15.3. The highest BCUT2D eigenvalue weighted by molar-refractivity contribution is 7.25. The molecule has 1 aliphatic heterocycles. The van der Waals surface area contributed by atoms with Crippen molar-refractivity contribution in [3.63, 3.8) is 0 Å². The summed E-state index contributed by atoms with van der Waals surface area (Å²) in [5.41, 5.74) is 9.72. The number of aliphatic imine (C=N–C) groups is 2. The Kier molecular flexibility index (Phi) is 5.29. The van der Waals surface area contributed by atoms with Crippen molar-refractivity contribution < 1.29 is 4.42 Å². The highest BCUT2D eigenvalue weighted by Gasteiger charge is 2.27. The van der Waals surface area contributed by atoms with Gasteiger partial charge in [0, 0.05) is 36.5 Å². The first kappa shape index (κ1) is 26.1. The third-order valence-corrected chi connectivity index (χ3v) is 11.0. The minimum absolute atomic E-state index is 0.320. The molecule has 1 aliphatic carbocycles. The van der Waals surface area contributed by atoms with Crippen LogP contribution in [0.25, 0.3) is 75.1 Å². The van der Waals surface area contributed by atoms with Gasteiger partial charge in [0.2, 0.25) is 0 Å². The van der Waals surface area contributed by atoms with Crippen molar-refractivity contribution in [3.8, 4) is 22.3 Å². The molecule has 0 fully saturated rings. The molecule has 11 rings (SSSR count). The lowest BCUT2D eigenvalue weighted by atomic mass is 9.97. The molecule has 3 heterocycles. The Morgan fingerprint density at radius 3 is 2.15 bits per heavy atom. The third-order valence-electron chi connectivity index (χ3n) is 9.88. The van der Waals surface area contributed by atoms with Crippen molar-refractivity contribution in [2.45, 2.75) is 6.17 Å². The number of para-hydroxylation sites is 1. The number of rotatable bonds is 3. The van der Waals surface area contributed by atoms with Crippen LogP contribution in [0.2, 0.25) is 0 Å². The van der Waals surface area contributed by atoms with Gasteiger partial charge >= 0.3 is 0 Å². The summed E-state index contributed by atoms with van der Waals surface area (Å²) in [6.45, 7) is 0. The van der Waals surface area contributed by atoms with Crippen LogP contribution < -0.4 is 5.32 Å². The summed E-state index contributed by atoms with van der Waals surface area (Å²) < 4.78 is 9.37. The van der Waals surface area contributed by atoms with E-state index in [1.165, 1.54) is 53.2 Å². The van der Waals surface area contributed by atoms with Crippen molar-refractivity contribution in [1.82, 2.24) is 5.32 Å². The van der Waals surface area contributed by atoms with E-state index in [9.17, 15) is 0 Å². The summed E-state index contributed by atoms with van der Waals surface area (Å²) in [5.74, 6) is 1.44. The molecule has 2 aromatic heterocycles. The van der Waals surface area contributed by atoms with Crippen LogP contribution in [0.5, 0.6) is 0 Å². The monoisotopic (exact) mass is 631 g/mol. The molecular weight excluding hydrogens is 607 g/mol. The first-order valence-electron chi connectivity index (χ1n) is 16.2. The lowest BCUT2D eigenvalue weighted by molar-refractivity contribution is 0.664. The van der Waals surface area contributed by atoms with Gasteiger partial charge in [0.15, 0.2) is 5.84 Å². The van der Waals surface area contributed by atoms with E-state index in [0.717, 1.165) is 44.5 Å². The van der Waals surface area contributed by atoms with E-state index in [1.54, 1.807) is 0 Å². The van der Waals surface area contributed by atoms with Crippen molar-refractivity contribution in [2.24, 2.45) is 9.98 Å². The van der Waals surface area contributed by atoms with Gasteiger partial charge in [-0.1, -0.05) is 115 Å². The maximum atomic E-state index is 6.83. The van der Waals surface area contributed by atoms with Crippen LogP contribution in [0.3, 0.4) is 0 Å². The number of amidine groups is 2. The maximum Gasteiger partial charge on any atom is 0.163 e. The molecule has 0 bridgehead atoms. The quantitative estimate of drug-likeness (QED) is 0.211. The Morgan fingerprint density at radius 2 is 1.25 bits per heavy atom. The van der Waals surface area contributed by atoms with E-state index in [2.05, 4.69) is 127 Å². The zero-order chi connectivity index (χ0) is 31.3. The fraction of sp³-hybridized carbons (Fsp3) is 0.0233. The molecular formula is C43H25N3OS. The predicted octanol–water partition coefficient (Wildman–Crippen LogP) is 11.2. The largest absolute Gasteiger partial charge is 0.455 e. The van der Waals surface area contributed by atoms with Gasteiger partial charge in [0.1, 0.15) is 23.2 Å². The molecule has 5 heteroatoms. The van der Waals surface area contributed by atoms with Gasteiger partial charge in [-0.25, -0.2) is 9.98 Å². The van der Waals surface area contributed by atoms with E-state index in [1.807, 2.05) is 29.5 Å². The molecule has 2 aliphatic rings. The topological polar surface area (TPSA) is 49.9 Å². The molecule has 0 saturated heterocycles. The zero-order valence-corrected chi connectivity index (χ0v) is 26.4. The Bertz CT molecular complexity index is 2880. The molecule has 1 N–H and O–H groups in total. The number of furan rings is 1.